The van der Waals surface area contributed by atoms with E-state index in [0.717, 1.165) is 15.6 Å². The van der Waals surface area contributed by atoms with Gasteiger partial charge in [-0.25, -0.2) is 0 Å². The maximum atomic E-state index is 11.4. The molecule has 0 spiro atoms. The number of hydrogen-bond acceptors (Lipinski definition) is 3. The third-order valence-corrected chi connectivity index (χ3v) is 3.15. The van der Waals surface area contributed by atoms with Gasteiger partial charge in [0.1, 0.15) is 0 Å². The highest BCUT2D eigenvalue weighted by Crippen LogP contribution is 2.27. The van der Waals surface area contributed by atoms with Crippen LogP contribution < -0.4 is 5.32 Å². The molecule has 0 aliphatic rings. The molecule has 4 heteroatoms. The summed E-state index contributed by atoms with van der Waals surface area (Å²) in [5.74, 6) is -0.169. The molecule has 1 amide bonds. The van der Waals surface area contributed by atoms with Crippen molar-refractivity contribution in [1.29, 1.82) is 0 Å². The van der Waals surface area contributed by atoms with Gasteiger partial charge >= 0.3 is 0 Å². The number of fused-ring (bicyclic) bond motifs is 1. The molecule has 3 nitrogen and oxygen atoms in total. The molecular formula is C11H10N2OS. The molecule has 0 aromatic carbocycles. The van der Waals surface area contributed by atoms with Crippen molar-refractivity contribution in [2.24, 2.45) is 0 Å². The predicted octanol–water partition coefficient (Wildman–Crippen LogP) is 2.06. The summed E-state index contributed by atoms with van der Waals surface area (Å²) in [5, 5.41) is 5.58. The van der Waals surface area contributed by atoms with E-state index in [1.807, 2.05) is 11.4 Å². The zero-order valence-electron chi connectivity index (χ0n) is 8.28. The second-order valence-corrected chi connectivity index (χ2v) is 4.00. The summed E-state index contributed by atoms with van der Waals surface area (Å²) in [4.78, 5) is 15.5. The lowest BCUT2D eigenvalue weighted by Gasteiger charge is -2.04. The highest BCUT2D eigenvalue weighted by molar-refractivity contribution is 7.17. The van der Waals surface area contributed by atoms with Crippen LogP contribution >= 0.6 is 11.3 Å². The van der Waals surface area contributed by atoms with Crippen LogP contribution in [0.15, 0.2) is 30.4 Å². The van der Waals surface area contributed by atoms with E-state index >= 15 is 0 Å². The van der Waals surface area contributed by atoms with Gasteiger partial charge in [0.25, 0.3) is 5.91 Å². The van der Waals surface area contributed by atoms with E-state index in [1.165, 1.54) is 0 Å². The summed E-state index contributed by atoms with van der Waals surface area (Å²) >= 11 is 1.59. The van der Waals surface area contributed by atoms with Gasteiger partial charge in [0.2, 0.25) is 0 Å². The largest absolute Gasteiger partial charge is 0.355 e. The number of likely N-dealkylation sites (N-methyl/N-ethyl adjacent to an activating group) is 1. The average Bonchev–Trinajstić information content (AvgIpc) is 2.74. The molecule has 0 aliphatic carbocycles. The van der Waals surface area contributed by atoms with Gasteiger partial charge in [-0.1, -0.05) is 6.58 Å². The highest BCUT2D eigenvalue weighted by Gasteiger charge is 2.11. The van der Waals surface area contributed by atoms with Gasteiger partial charge in [-0.15, -0.1) is 11.3 Å². The second-order valence-electron chi connectivity index (χ2n) is 3.08. The number of carbonyl (C=O) groups excluding carboxylic acids is 1. The van der Waals surface area contributed by atoms with E-state index in [2.05, 4.69) is 16.9 Å². The quantitative estimate of drug-likeness (QED) is 0.784. The molecule has 2 rings (SSSR count). The summed E-state index contributed by atoms with van der Waals surface area (Å²) in [5.41, 5.74) is 1.26. The average molecular weight is 218 g/mol. The van der Waals surface area contributed by atoms with Gasteiger partial charge in [0.15, 0.2) is 0 Å². The Morgan fingerprint density at radius 2 is 2.33 bits per heavy atom. The number of pyridine rings is 1. The zero-order valence-corrected chi connectivity index (χ0v) is 9.10. The number of hydrogen-bond donors (Lipinski definition) is 1. The first-order valence-electron chi connectivity index (χ1n) is 4.46. The van der Waals surface area contributed by atoms with Crippen LogP contribution in [0.3, 0.4) is 0 Å². The normalized spacial score (nSPS) is 10.2. The SMILES string of the molecule is C=C(C(=O)NC)c1cncc2ccsc12. The van der Waals surface area contributed by atoms with Gasteiger partial charge in [-0.05, 0) is 11.4 Å². The molecule has 2 aromatic heterocycles. The molecule has 0 unspecified atom stereocenters. The van der Waals surface area contributed by atoms with E-state index < -0.39 is 0 Å². The molecule has 0 saturated heterocycles. The van der Waals surface area contributed by atoms with E-state index in [-0.39, 0.29) is 5.91 Å². The van der Waals surface area contributed by atoms with Crippen LogP contribution in [0.25, 0.3) is 15.7 Å². The van der Waals surface area contributed by atoms with Crippen molar-refractivity contribution in [2.45, 2.75) is 0 Å². The lowest BCUT2D eigenvalue weighted by Crippen LogP contribution is -2.18. The fourth-order valence-electron chi connectivity index (χ4n) is 1.38. The number of nitrogens with one attached hydrogen (secondary N) is 1. The molecule has 0 saturated carbocycles. The van der Waals surface area contributed by atoms with Gasteiger partial charge in [0.05, 0.1) is 0 Å². The number of nitrogens with zero attached hydrogens (tertiary/aromatic N) is 1. The Hall–Kier alpha value is -1.68. The molecule has 2 heterocycles. The molecular weight excluding hydrogens is 208 g/mol. The molecule has 1 N–H and O–H groups in total. The summed E-state index contributed by atoms with van der Waals surface area (Å²) < 4.78 is 1.05. The first-order valence-corrected chi connectivity index (χ1v) is 5.34. The minimum absolute atomic E-state index is 0.169. The standard InChI is InChI=1S/C11H10N2OS/c1-7(11(14)12-2)9-6-13-5-8-3-4-15-10(8)9/h3-6H,1H2,2H3,(H,12,14). The van der Waals surface area contributed by atoms with Crippen molar-refractivity contribution in [3.63, 3.8) is 0 Å². The second kappa shape index (κ2) is 3.82. The van der Waals surface area contributed by atoms with Crippen LogP contribution in [-0.4, -0.2) is 17.9 Å². The van der Waals surface area contributed by atoms with Crippen LogP contribution in [-0.2, 0) is 4.79 Å². The Kier molecular flexibility index (Phi) is 2.51. The molecule has 0 radical (unpaired) electrons. The van der Waals surface area contributed by atoms with Crippen molar-refractivity contribution < 1.29 is 4.79 Å². The minimum Gasteiger partial charge on any atom is -0.355 e. The number of rotatable bonds is 2. The lowest BCUT2D eigenvalue weighted by atomic mass is 10.1. The van der Waals surface area contributed by atoms with Crippen molar-refractivity contribution in [3.05, 3.63) is 36.0 Å². The first-order chi connectivity index (χ1) is 7.24. The van der Waals surface area contributed by atoms with Gasteiger partial charge in [0, 0.05) is 40.7 Å². The van der Waals surface area contributed by atoms with Crippen LogP contribution in [0.5, 0.6) is 0 Å². The fraction of sp³-hybridized carbons (Fsp3) is 0.0909. The fourth-order valence-corrected chi connectivity index (χ4v) is 2.29. The van der Waals surface area contributed by atoms with Crippen molar-refractivity contribution in [2.75, 3.05) is 7.05 Å². The van der Waals surface area contributed by atoms with E-state index in [9.17, 15) is 4.79 Å². The highest BCUT2D eigenvalue weighted by atomic mass is 32.1. The molecule has 0 aliphatic heterocycles. The zero-order chi connectivity index (χ0) is 10.8. The summed E-state index contributed by atoms with van der Waals surface area (Å²) in [6, 6.07) is 1.98. The Morgan fingerprint density at radius 3 is 3.07 bits per heavy atom. The predicted molar refractivity (Wildman–Crippen MR) is 62.7 cm³/mol. The van der Waals surface area contributed by atoms with Crippen LogP contribution in [0.1, 0.15) is 5.56 Å². The van der Waals surface area contributed by atoms with Crippen molar-refractivity contribution >= 4 is 32.9 Å². The Balaban J connectivity index is 2.56. The van der Waals surface area contributed by atoms with E-state index in [0.29, 0.717) is 5.57 Å². The lowest BCUT2D eigenvalue weighted by molar-refractivity contribution is -0.115. The van der Waals surface area contributed by atoms with Gasteiger partial charge in [-0.3, -0.25) is 9.78 Å². The van der Waals surface area contributed by atoms with Crippen molar-refractivity contribution in [3.8, 4) is 0 Å². The smallest absolute Gasteiger partial charge is 0.251 e. The third-order valence-electron chi connectivity index (χ3n) is 2.18. The summed E-state index contributed by atoms with van der Waals surface area (Å²) in [7, 11) is 1.59. The van der Waals surface area contributed by atoms with E-state index in [1.54, 1.807) is 30.8 Å². The molecule has 0 bridgehead atoms. The summed E-state index contributed by atoms with van der Waals surface area (Å²) in [6.45, 7) is 3.78. The van der Waals surface area contributed by atoms with Crippen LogP contribution in [0.2, 0.25) is 0 Å². The Morgan fingerprint density at radius 1 is 1.53 bits per heavy atom. The topological polar surface area (TPSA) is 42.0 Å². The van der Waals surface area contributed by atoms with Gasteiger partial charge in [-0.2, -0.15) is 0 Å². The Labute approximate surface area is 91.5 Å². The molecule has 76 valence electrons. The number of carbonyl (C=O) groups is 1. The minimum atomic E-state index is -0.169. The molecule has 15 heavy (non-hydrogen) atoms. The maximum absolute atomic E-state index is 11.4. The summed E-state index contributed by atoms with van der Waals surface area (Å²) in [6.07, 6.45) is 3.46. The monoisotopic (exact) mass is 218 g/mol. The van der Waals surface area contributed by atoms with E-state index in [4.69, 9.17) is 0 Å². The van der Waals surface area contributed by atoms with Crippen LogP contribution in [0, 0.1) is 0 Å². The molecule has 2 aromatic rings. The molecule has 0 fully saturated rings. The third kappa shape index (κ3) is 1.64. The Bertz CT molecular complexity index is 530. The number of thiophene rings is 1. The number of amides is 1. The van der Waals surface area contributed by atoms with Gasteiger partial charge < -0.3 is 5.32 Å². The maximum Gasteiger partial charge on any atom is 0.251 e. The van der Waals surface area contributed by atoms with Crippen molar-refractivity contribution in [1.82, 2.24) is 10.3 Å². The van der Waals surface area contributed by atoms with Crippen LogP contribution in [0.4, 0.5) is 0 Å². The number of aromatic nitrogens is 1. The molecule has 0 atom stereocenters. The first kappa shape index (κ1) is 9.86.